The minimum atomic E-state index is -0.465. The van der Waals surface area contributed by atoms with Crippen LogP contribution in [0, 0.1) is 5.92 Å². The van der Waals surface area contributed by atoms with Gasteiger partial charge in [0.2, 0.25) is 5.28 Å². The Morgan fingerprint density at radius 2 is 2.16 bits per heavy atom. The number of hydrogen-bond donors (Lipinski definition) is 0. The lowest BCUT2D eigenvalue weighted by Gasteiger charge is -2.34. The molecule has 1 amide bonds. The predicted octanol–water partition coefficient (Wildman–Crippen LogP) is 4.34. The lowest BCUT2D eigenvalue weighted by atomic mass is 9.95. The molecule has 1 fully saturated rings. The maximum atomic E-state index is 12.2. The van der Waals surface area contributed by atoms with Gasteiger partial charge in [-0.1, -0.05) is 11.6 Å². The van der Waals surface area contributed by atoms with Gasteiger partial charge in [-0.25, -0.2) is 14.8 Å². The topological polar surface area (TPSA) is 64.5 Å². The molecular formula is C17H25Cl2N3O3. The summed E-state index contributed by atoms with van der Waals surface area (Å²) in [6.45, 7) is 8.04. The quantitative estimate of drug-likeness (QED) is 0.425. The maximum Gasteiger partial charge on any atom is 0.410 e. The zero-order valence-corrected chi connectivity index (χ0v) is 16.4. The first-order valence-electron chi connectivity index (χ1n) is 8.47. The fourth-order valence-electron chi connectivity index (χ4n) is 2.69. The van der Waals surface area contributed by atoms with Gasteiger partial charge in [0, 0.05) is 31.5 Å². The van der Waals surface area contributed by atoms with Crippen molar-refractivity contribution in [3.63, 3.8) is 0 Å². The molecule has 0 unspecified atom stereocenters. The van der Waals surface area contributed by atoms with Crippen LogP contribution >= 0.6 is 23.2 Å². The number of rotatable bonds is 5. The number of likely N-dealkylation sites (tertiary alicyclic amines) is 1. The maximum absolute atomic E-state index is 12.2. The Labute approximate surface area is 158 Å². The Bertz CT molecular complexity index is 593. The van der Waals surface area contributed by atoms with E-state index >= 15 is 0 Å². The summed E-state index contributed by atoms with van der Waals surface area (Å²) >= 11 is 11.7. The van der Waals surface area contributed by atoms with Gasteiger partial charge in [0.15, 0.2) is 0 Å². The molecular weight excluding hydrogens is 365 g/mol. The number of carbonyl (C=O) groups excluding carboxylic acids is 1. The van der Waals surface area contributed by atoms with E-state index in [1.54, 1.807) is 11.1 Å². The average molecular weight is 390 g/mol. The van der Waals surface area contributed by atoms with E-state index in [0.717, 1.165) is 25.8 Å². The summed E-state index contributed by atoms with van der Waals surface area (Å²) in [7, 11) is 0. The SMILES string of the molecule is CC(C)(C)OC(=O)N1CCC[C@H](CCOCc2cnc(Cl)nc2Cl)C1. The molecule has 6 nitrogen and oxygen atoms in total. The fourth-order valence-corrected chi connectivity index (χ4v) is 3.05. The minimum Gasteiger partial charge on any atom is -0.444 e. The number of aromatic nitrogens is 2. The van der Waals surface area contributed by atoms with Crippen LogP contribution in [0.4, 0.5) is 4.79 Å². The summed E-state index contributed by atoms with van der Waals surface area (Å²) in [5.41, 5.74) is 0.248. The highest BCUT2D eigenvalue weighted by Gasteiger charge is 2.27. The van der Waals surface area contributed by atoms with Crippen molar-refractivity contribution in [2.24, 2.45) is 5.92 Å². The second-order valence-corrected chi connectivity index (χ2v) is 7.93. The highest BCUT2D eigenvalue weighted by molar-refractivity contribution is 6.32. The molecule has 1 saturated heterocycles. The summed E-state index contributed by atoms with van der Waals surface area (Å²) in [5.74, 6) is 0.415. The molecule has 1 aliphatic heterocycles. The van der Waals surface area contributed by atoms with E-state index < -0.39 is 5.60 Å². The van der Waals surface area contributed by atoms with Crippen molar-refractivity contribution in [2.45, 2.75) is 52.2 Å². The summed E-state index contributed by atoms with van der Waals surface area (Å²) in [4.78, 5) is 21.7. The molecule has 2 heterocycles. The highest BCUT2D eigenvalue weighted by Crippen LogP contribution is 2.22. The van der Waals surface area contributed by atoms with E-state index in [4.69, 9.17) is 32.7 Å². The van der Waals surface area contributed by atoms with Crippen molar-refractivity contribution in [3.8, 4) is 0 Å². The van der Waals surface area contributed by atoms with Gasteiger partial charge in [-0.15, -0.1) is 0 Å². The summed E-state index contributed by atoms with van der Waals surface area (Å²) < 4.78 is 11.1. The molecule has 8 heteroatoms. The Balaban J connectivity index is 1.72. The van der Waals surface area contributed by atoms with E-state index in [9.17, 15) is 4.79 Å². The van der Waals surface area contributed by atoms with Crippen molar-refractivity contribution in [3.05, 3.63) is 22.2 Å². The highest BCUT2D eigenvalue weighted by atomic mass is 35.5. The number of amides is 1. The zero-order chi connectivity index (χ0) is 18.4. The Hall–Kier alpha value is -1.11. The molecule has 1 aromatic heterocycles. The Kier molecular flexibility index (Phi) is 7.28. The van der Waals surface area contributed by atoms with Crippen molar-refractivity contribution < 1.29 is 14.3 Å². The van der Waals surface area contributed by atoms with Gasteiger partial charge in [0.1, 0.15) is 10.8 Å². The molecule has 25 heavy (non-hydrogen) atoms. The first kappa shape index (κ1) is 20.2. The van der Waals surface area contributed by atoms with E-state index in [0.29, 0.717) is 36.4 Å². The molecule has 2 rings (SSSR count). The van der Waals surface area contributed by atoms with Crippen LogP contribution < -0.4 is 0 Å². The molecule has 0 spiro atoms. The van der Waals surface area contributed by atoms with E-state index in [1.165, 1.54) is 0 Å². The van der Waals surface area contributed by atoms with Crippen LogP contribution in [0.2, 0.25) is 10.4 Å². The zero-order valence-electron chi connectivity index (χ0n) is 14.9. The standard InChI is InChI=1S/C17H25Cl2N3O3/c1-17(2,3)25-16(23)22-7-4-5-12(10-22)6-8-24-11-13-9-20-15(19)21-14(13)18/h9,12H,4-8,10-11H2,1-3H3/t12-/m1/s1. The van der Waals surface area contributed by atoms with E-state index in [2.05, 4.69) is 9.97 Å². The number of hydrogen-bond acceptors (Lipinski definition) is 5. The lowest BCUT2D eigenvalue weighted by molar-refractivity contribution is 0.0135. The van der Waals surface area contributed by atoms with Crippen LogP contribution in [0.5, 0.6) is 0 Å². The van der Waals surface area contributed by atoms with Gasteiger partial charge < -0.3 is 14.4 Å². The van der Waals surface area contributed by atoms with Gasteiger partial charge >= 0.3 is 6.09 Å². The Morgan fingerprint density at radius 3 is 2.84 bits per heavy atom. The smallest absolute Gasteiger partial charge is 0.410 e. The molecule has 0 bridgehead atoms. The minimum absolute atomic E-state index is 0.123. The second-order valence-electron chi connectivity index (χ2n) is 7.23. The average Bonchev–Trinajstić information content (AvgIpc) is 2.52. The molecule has 140 valence electrons. The predicted molar refractivity (Wildman–Crippen MR) is 96.9 cm³/mol. The molecule has 0 aliphatic carbocycles. The molecule has 1 aliphatic rings. The molecule has 0 saturated carbocycles. The summed E-state index contributed by atoms with van der Waals surface area (Å²) in [6, 6.07) is 0. The third-order valence-corrected chi connectivity index (χ3v) is 4.39. The molecule has 0 N–H and O–H groups in total. The normalized spacial score (nSPS) is 18.3. The number of halogens is 2. The van der Waals surface area contributed by atoms with Gasteiger partial charge in [0.05, 0.1) is 6.61 Å². The monoisotopic (exact) mass is 389 g/mol. The van der Waals surface area contributed by atoms with Gasteiger partial charge in [-0.3, -0.25) is 0 Å². The third kappa shape index (κ3) is 6.96. The van der Waals surface area contributed by atoms with Crippen LogP contribution in [0.3, 0.4) is 0 Å². The molecule has 0 aromatic carbocycles. The number of nitrogens with zero attached hydrogens (tertiary/aromatic N) is 3. The number of carbonyl (C=O) groups is 1. The fraction of sp³-hybridized carbons (Fsp3) is 0.706. The largest absolute Gasteiger partial charge is 0.444 e. The van der Waals surface area contributed by atoms with Gasteiger partial charge in [0.25, 0.3) is 0 Å². The van der Waals surface area contributed by atoms with E-state index in [-0.39, 0.29) is 11.4 Å². The van der Waals surface area contributed by atoms with Gasteiger partial charge in [-0.2, -0.15) is 0 Å². The van der Waals surface area contributed by atoms with Crippen LogP contribution in [0.1, 0.15) is 45.6 Å². The first-order chi connectivity index (χ1) is 11.7. The van der Waals surface area contributed by atoms with Gasteiger partial charge in [-0.05, 0) is 57.6 Å². The molecule has 1 atom stereocenters. The van der Waals surface area contributed by atoms with Crippen molar-refractivity contribution in [2.75, 3.05) is 19.7 Å². The third-order valence-electron chi connectivity index (χ3n) is 3.88. The van der Waals surface area contributed by atoms with Crippen LogP contribution in [-0.4, -0.2) is 46.3 Å². The molecule has 0 radical (unpaired) electrons. The van der Waals surface area contributed by atoms with Crippen molar-refractivity contribution in [1.29, 1.82) is 0 Å². The van der Waals surface area contributed by atoms with E-state index in [1.807, 2.05) is 20.8 Å². The van der Waals surface area contributed by atoms with Crippen LogP contribution in [0.25, 0.3) is 0 Å². The number of ether oxygens (including phenoxy) is 2. The van der Waals surface area contributed by atoms with Crippen LogP contribution in [0.15, 0.2) is 6.20 Å². The second kappa shape index (κ2) is 9.01. The summed E-state index contributed by atoms with van der Waals surface area (Å²) in [5, 5.41) is 0.437. The number of piperidine rings is 1. The van der Waals surface area contributed by atoms with Crippen molar-refractivity contribution in [1.82, 2.24) is 14.9 Å². The first-order valence-corrected chi connectivity index (χ1v) is 9.23. The Morgan fingerprint density at radius 1 is 1.40 bits per heavy atom. The summed E-state index contributed by atoms with van der Waals surface area (Å²) in [6.07, 6.45) is 4.30. The molecule has 1 aromatic rings. The van der Waals surface area contributed by atoms with Crippen LogP contribution in [-0.2, 0) is 16.1 Å². The van der Waals surface area contributed by atoms with Crippen molar-refractivity contribution >= 4 is 29.3 Å². The lowest BCUT2D eigenvalue weighted by Crippen LogP contribution is -2.43.